The SMILES string of the molecule is COCC(C)N(C)CC1C(=O)C(C)(C)OC1(C)C. The number of ether oxygens (including phenoxy) is 2. The fourth-order valence-corrected chi connectivity index (χ4v) is 2.65. The van der Waals surface area contributed by atoms with Crippen LogP contribution in [0.4, 0.5) is 0 Å². The van der Waals surface area contributed by atoms with E-state index in [9.17, 15) is 4.79 Å². The Morgan fingerprint density at radius 2 is 1.94 bits per heavy atom. The molecule has 0 bridgehead atoms. The Morgan fingerprint density at radius 3 is 2.33 bits per heavy atom. The molecule has 1 rings (SSSR count). The van der Waals surface area contributed by atoms with Crippen LogP contribution in [0, 0.1) is 5.92 Å². The van der Waals surface area contributed by atoms with Gasteiger partial charge >= 0.3 is 0 Å². The maximum Gasteiger partial charge on any atom is 0.171 e. The maximum absolute atomic E-state index is 12.4. The van der Waals surface area contributed by atoms with Gasteiger partial charge in [0, 0.05) is 19.7 Å². The van der Waals surface area contributed by atoms with Crippen molar-refractivity contribution in [2.45, 2.75) is 51.9 Å². The largest absolute Gasteiger partial charge is 0.383 e. The van der Waals surface area contributed by atoms with Crippen molar-refractivity contribution in [3.8, 4) is 0 Å². The monoisotopic (exact) mass is 257 g/mol. The first-order chi connectivity index (χ1) is 8.12. The van der Waals surface area contributed by atoms with E-state index in [0.29, 0.717) is 19.2 Å². The summed E-state index contributed by atoms with van der Waals surface area (Å²) in [6, 6.07) is 0.294. The van der Waals surface area contributed by atoms with Crippen LogP contribution in [0.3, 0.4) is 0 Å². The Labute approximate surface area is 111 Å². The Morgan fingerprint density at radius 1 is 1.39 bits per heavy atom. The van der Waals surface area contributed by atoms with Crippen molar-refractivity contribution < 1.29 is 14.3 Å². The molecule has 1 aliphatic heterocycles. The molecule has 0 radical (unpaired) electrons. The van der Waals surface area contributed by atoms with Gasteiger partial charge in [-0.3, -0.25) is 4.79 Å². The van der Waals surface area contributed by atoms with Gasteiger partial charge in [-0.25, -0.2) is 0 Å². The van der Waals surface area contributed by atoms with E-state index in [1.807, 2.05) is 34.7 Å². The summed E-state index contributed by atoms with van der Waals surface area (Å²) in [5.41, 5.74) is -1.07. The van der Waals surface area contributed by atoms with Gasteiger partial charge in [0.25, 0.3) is 0 Å². The minimum atomic E-state index is -0.667. The highest BCUT2D eigenvalue weighted by Crippen LogP contribution is 2.39. The van der Waals surface area contributed by atoms with Crippen LogP contribution in [0.1, 0.15) is 34.6 Å². The number of hydrogen-bond acceptors (Lipinski definition) is 4. The normalized spacial score (nSPS) is 27.8. The Hall–Kier alpha value is -0.450. The zero-order valence-electron chi connectivity index (χ0n) is 12.7. The lowest BCUT2D eigenvalue weighted by atomic mass is 9.85. The second kappa shape index (κ2) is 5.27. The van der Waals surface area contributed by atoms with Crippen LogP contribution in [-0.4, -0.2) is 55.2 Å². The predicted molar refractivity (Wildman–Crippen MR) is 71.7 cm³/mol. The molecule has 2 atom stereocenters. The molecule has 2 unspecified atom stereocenters. The fourth-order valence-electron chi connectivity index (χ4n) is 2.65. The lowest BCUT2D eigenvalue weighted by Gasteiger charge is -2.31. The number of carbonyl (C=O) groups is 1. The molecule has 1 fully saturated rings. The molecule has 0 N–H and O–H groups in total. The quantitative estimate of drug-likeness (QED) is 0.752. The molecular weight excluding hydrogens is 230 g/mol. The van der Waals surface area contributed by atoms with Crippen LogP contribution in [-0.2, 0) is 14.3 Å². The van der Waals surface area contributed by atoms with Crippen LogP contribution in [0.5, 0.6) is 0 Å². The molecule has 0 amide bonds. The molecule has 106 valence electrons. The van der Waals surface area contributed by atoms with Crippen LogP contribution in [0.15, 0.2) is 0 Å². The molecule has 1 aliphatic rings. The zero-order chi connectivity index (χ0) is 14.1. The van der Waals surface area contributed by atoms with Gasteiger partial charge in [0.15, 0.2) is 5.78 Å². The average molecular weight is 257 g/mol. The summed E-state index contributed by atoms with van der Waals surface area (Å²) < 4.78 is 11.0. The predicted octanol–water partition coefficient (Wildman–Crippen LogP) is 1.73. The van der Waals surface area contributed by atoms with Gasteiger partial charge in [0.1, 0.15) is 5.60 Å². The molecular formula is C14H27NO3. The van der Waals surface area contributed by atoms with Gasteiger partial charge in [-0.05, 0) is 41.7 Å². The number of carbonyl (C=O) groups excluding carboxylic acids is 1. The van der Waals surface area contributed by atoms with Gasteiger partial charge in [-0.2, -0.15) is 0 Å². The third-order valence-electron chi connectivity index (χ3n) is 3.90. The van der Waals surface area contributed by atoms with Gasteiger partial charge < -0.3 is 14.4 Å². The minimum Gasteiger partial charge on any atom is -0.383 e. The van der Waals surface area contributed by atoms with Crippen molar-refractivity contribution in [1.29, 1.82) is 0 Å². The summed E-state index contributed by atoms with van der Waals surface area (Å²) in [4.78, 5) is 14.5. The van der Waals surface area contributed by atoms with Crippen molar-refractivity contribution in [2.24, 2.45) is 5.92 Å². The Kier molecular flexibility index (Phi) is 4.57. The standard InChI is InChI=1S/C14H27NO3/c1-10(9-17-7)15(6)8-11-12(16)14(4,5)18-13(11,2)3/h10-11H,8-9H2,1-7H3. The number of nitrogens with zero attached hydrogens (tertiary/aromatic N) is 1. The lowest BCUT2D eigenvalue weighted by Crippen LogP contribution is -2.43. The summed E-state index contributed by atoms with van der Waals surface area (Å²) in [6.07, 6.45) is 0. The number of ketones is 1. The molecule has 0 spiro atoms. The summed E-state index contributed by atoms with van der Waals surface area (Å²) in [5.74, 6) is 0.112. The van der Waals surface area contributed by atoms with Gasteiger partial charge in [0.05, 0.1) is 18.1 Å². The minimum absolute atomic E-state index is 0.0863. The van der Waals surface area contributed by atoms with E-state index in [1.165, 1.54) is 0 Å². The van der Waals surface area contributed by atoms with Crippen molar-refractivity contribution in [3.05, 3.63) is 0 Å². The first-order valence-corrected chi connectivity index (χ1v) is 6.55. The van der Waals surface area contributed by atoms with E-state index in [0.717, 1.165) is 0 Å². The average Bonchev–Trinajstić information content (AvgIpc) is 2.36. The first-order valence-electron chi connectivity index (χ1n) is 6.55. The molecule has 1 heterocycles. The van der Waals surface area contributed by atoms with E-state index < -0.39 is 11.2 Å². The number of methoxy groups -OCH3 is 1. The van der Waals surface area contributed by atoms with Crippen LogP contribution in [0.25, 0.3) is 0 Å². The Bertz CT molecular complexity index is 312. The molecule has 1 saturated heterocycles. The zero-order valence-corrected chi connectivity index (χ0v) is 12.7. The molecule has 0 saturated carbocycles. The van der Waals surface area contributed by atoms with Crippen molar-refractivity contribution in [2.75, 3.05) is 27.3 Å². The number of Topliss-reactive ketones (excluding diaryl/α,β-unsaturated/α-hetero) is 1. The van der Waals surface area contributed by atoms with E-state index >= 15 is 0 Å². The van der Waals surface area contributed by atoms with E-state index in [-0.39, 0.29) is 11.7 Å². The molecule has 18 heavy (non-hydrogen) atoms. The van der Waals surface area contributed by atoms with Crippen LogP contribution < -0.4 is 0 Å². The summed E-state index contributed by atoms with van der Waals surface area (Å²) in [6.45, 7) is 11.2. The fraction of sp³-hybridized carbons (Fsp3) is 0.929. The first kappa shape index (κ1) is 15.6. The van der Waals surface area contributed by atoms with E-state index in [2.05, 4.69) is 11.8 Å². The summed E-state index contributed by atoms with van der Waals surface area (Å²) in [7, 11) is 3.72. The van der Waals surface area contributed by atoms with Crippen LogP contribution >= 0.6 is 0 Å². The summed E-state index contributed by atoms with van der Waals surface area (Å²) in [5, 5.41) is 0. The van der Waals surface area contributed by atoms with Crippen molar-refractivity contribution >= 4 is 5.78 Å². The Balaban J connectivity index is 2.74. The third-order valence-corrected chi connectivity index (χ3v) is 3.90. The maximum atomic E-state index is 12.4. The molecule has 0 aromatic carbocycles. The number of rotatable bonds is 5. The van der Waals surface area contributed by atoms with Gasteiger partial charge in [-0.15, -0.1) is 0 Å². The number of likely N-dealkylation sites (N-methyl/N-ethyl adjacent to an activating group) is 1. The van der Waals surface area contributed by atoms with E-state index in [1.54, 1.807) is 7.11 Å². The van der Waals surface area contributed by atoms with Crippen LogP contribution in [0.2, 0.25) is 0 Å². The second-order valence-electron chi connectivity index (χ2n) is 6.38. The molecule has 0 aromatic heterocycles. The smallest absolute Gasteiger partial charge is 0.171 e. The summed E-state index contributed by atoms with van der Waals surface area (Å²) >= 11 is 0. The van der Waals surface area contributed by atoms with E-state index in [4.69, 9.17) is 9.47 Å². The topological polar surface area (TPSA) is 38.8 Å². The highest BCUT2D eigenvalue weighted by molar-refractivity contribution is 5.91. The second-order valence-corrected chi connectivity index (χ2v) is 6.38. The third kappa shape index (κ3) is 3.11. The highest BCUT2D eigenvalue weighted by atomic mass is 16.5. The van der Waals surface area contributed by atoms with Crippen molar-refractivity contribution in [3.63, 3.8) is 0 Å². The molecule has 4 heteroatoms. The van der Waals surface area contributed by atoms with Crippen molar-refractivity contribution in [1.82, 2.24) is 4.90 Å². The molecule has 0 aliphatic carbocycles. The van der Waals surface area contributed by atoms with Gasteiger partial charge in [-0.1, -0.05) is 0 Å². The number of hydrogen-bond donors (Lipinski definition) is 0. The lowest BCUT2D eigenvalue weighted by molar-refractivity contribution is -0.132. The highest BCUT2D eigenvalue weighted by Gasteiger charge is 2.53. The molecule has 0 aromatic rings. The molecule has 4 nitrogen and oxygen atoms in total. The van der Waals surface area contributed by atoms with Gasteiger partial charge in [0.2, 0.25) is 0 Å².